The van der Waals surface area contributed by atoms with Gasteiger partial charge in [0.05, 0.1) is 13.2 Å². The maximum atomic E-state index is 5.76. The van der Waals surface area contributed by atoms with E-state index in [1.54, 1.807) is 0 Å². The van der Waals surface area contributed by atoms with Crippen LogP contribution in [-0.4, -0.2) is 25.9 Å². The first-order valence-electron chi connectivity index (χ1n) is 6.66. The largest absolute Gasteiger partial charge is 0.493 e. The van der Waals surface area contributed by atoms with Gasteiger partial charge in [0, 0.05) is 19.1 Å². The smallest absolute Gasteiger partial charge is 0.119 e. The van der Waals surface area contributed by atoms with Gasteiger partial charge < -0.3 is 15.2 Å². The van der Waals surface area contributed by atoms with Crippen LogP contribution in [0.2, 0.25) is 0 Å². The third kappa shape index (κ3) is 6.03. The number of ether oxygens (including phenoxy) is 2. The van der Waals surface area contributed by atoms with E-state index in [0.717, 1.165) is 18.6 Å². The second-order valence-electron chi connectivity index (χ2n) is 4.77. The Bertz CT molecular complexity index is 332. The lowest BCUT2D eigenvalue weighted by Gasteiger charge is -2.10. The number of nitrogens with two attached hydrogens (primary N) is 1. The highest BCUT2D eigenvalue weighted by atomic mass is 16.5. The first-order valence-corrected chi connectivity index (χ1v) is 6.66. The fourth-order valence-electron chi connectivity index (χ4n) is 1.72. The van der Waals surface area contributed by atoms with Gasteiger partial charge in [0.1, 0.15) is 5.75 Å². The maximum Gasteiger partial charge on any atom is 0.119 e. The molecule has 1 unspecified atom stereocenters. The van der Waals surface area contributed by atoms with Crippen LogP contribution in [0.5, 0.6) is 5.75 Å². The van der Waals surface area contributed by atoms with Crippen molar-refractivity contribution in [2.45, 2.75) is 39.7 Å². The molecule has 0 saturated heterocycles. The minimum Gasteiger partial charge on any atom is -0.493 e. The fraction of sp³-hybridized carbons (Fsp3) is 0.600. The predicted molar refractivity (Wildman–Crippen MR) is 75.1 cm³/mol. The van der Waals surface area contributed by atoms with E-state index >= 15 is 0 Å². The molecule has 0 fully saturated rings. The van der Waals surface area contributed by atoms with E-state index in [0.29, 0.717) is 19.8 Å². The molecule has 0 aromatic heterocycles. The van der Waals surface area contributed by atoms with Gasteiger partial charge in [0.15, 0.2) is 0 Å². The number of rotatable bonds is 8. The van der Waals surface area contributed by atoms with Crippen molar-refractivity contribution < 1.29 is 9.47 Å². The Hall–Kier alpha value is -1.06. The van der Waals surface area contributed by atoms with Gasteiger partial charge in [-0.05, 0) is 43.5 Å². The summed E-state index contributed by atoms with van der Waals surface area (Å²) in [4.78, 5) is 0. The summed E-state index contributed by atoms with van der Waals surface area (Å²) >= 11 is 0. The van der Waals surface area contributed by atoms with Gasteiger partial charge in [-0.2, -0.15) is 0 Å². The van der Waals surface area contributed by atoms with E-state index in [9.17, 15) is 0 Å². The molecule has 0 amide bonds. The molecule has 0 spiro atoms. The van der Waals surface area contributed by atoms with Crippen LogP contribution in [0.4, 0.5) is 0 Å². The van der Waals surface area contributed by atoms with Crippen molar-refractivity contribution in [3.05, 3.63) is 29.3 Å². The third-order valence-corrected chi connectivity index (χ3v) is 2.75. The molecule has 1 rings (SSSR count). The van der Waals surface area contributed by atoms with Gasteiger partial charge in [-0.15, -0.1) is 0 Å². The monoisotopic (exact) mass is 251 g/mol. The molecule has 102 valence electrons. The SMILES string of the molecule is CCC(N)COCCCOc1cc(C)cc(C)c1. The van der Waals surface area contributed by atoms with Gasteiger partial charge in [0.2, 0.25) is 0 Å². The topological polar surface area (TPSA) is 44.5 Å². The average Bonchev–Trinajstić information content (AvgIpc) is 2.32. The Kier molecular flexibility index (Phi) is 6.76. The molecule has 0 radical (unpaired) electrons. The maximum absolute atomic E-state index is 5.76. The Morgan fingerprint density at radius 3 is 2.39 bits per heavy atom. The summed E-state index contributed by atoms with van der Waals surface area (Å²) in [6, 6.07) is 6.41. The second kappa shape index (κ2) is 8.11. The van der Waals surface area contributed by atoms with E-state index in [-0.39, 0.29) is 6.04 Å². The standard InChI is InChI=1S/C15H25NO2/c1-4-14(16)11-17-6-5-7-18-15-9-12(2)8-13(3)10-15/h8-10,14H,4-7,11,16H2,1-3H3. The second-order valence-corrected chi connectivity index (χ2v) is 4.77. The number of aryl methyl sites for hydroxylation is 2. The number of hydrogen-bond acceptors (Lipinski definition) is 3. The first kappa shape index (κ1) is 15.0. The molecular weight excluding hydrogens is 226 g/mol. The molecule has 0 bridgehead atoms. The van der Waals surface area contributed by atoms with Crippen molar-refractivity contribution in [2.24, 2.45) is 5.73 Å². The number of benzene rings is 1. The molecule has 1 atom stereocenters. The minimum atomic E-state index is 0.158. The van der Waals surface area contributed by atoms with Crippen molar-refractivity contribution in [1.82, 2.24) is 0 Å². The molecule has 3 nitrogen and oxygen atoms in total. The summed E-state index contributed by atoms with van der Waals surface area (Å²) in [6.07, 6.45) is 1.85. The predicted octanol–water partition coefficient (Wildman–Crippen LogP) is 2.83. The molecule has 0 aliphatic rings. The summed E-state index contributed by atoms with van der Waals surface area (Å²) in [5.41, 5.74) is 8.22. The van der Waals surface area contributed by atoms with E-state index in [2.05, 4.69) is 39.0 Å². The van der Waals surface area contributed by atoms with Gasteiger partial charge in [-0.3, -0.25) is 0 Å². The van der Waals surface area contributed by atoms with Crippen LogP contribution >= 0.6 is 0 Å². The first-order chi connectivity index (χ1) is 8.61. The lowest BCUT2D eigenvalue weighted by atomic mass is 10.1. The third-order valence-electron chi connectivity index (χ3n) is 2.75. The average molecular weight is 251 g/mol. The molecule has 0 aliphatic carbocycles. The molecule has 1 aromatic rings. The molecule has 2 N–H and O–H groups in total. The van der Waals surface area contributed by atoms with Gasteiger partial charge in [-0.1, -0.05) is 13.0 Å². The zero-order chi connectivity index (χ0) is 13.4. The van der Waals surface area contributed by atoms with Crippen molar-refractivity contribution in [3.63, 3.8) is 0 Å². The van der Waals surface area contributed by atoms with Crippen molar-refractivity contribution in [1.29, 1.82) is 0 Å². The lowest BCUT2D eigenvalue weighted by molar-refractivity contribution is 0.107. The van der Waals surface area contributed by atoms with E-state index in [4.69, 9.17) is 15.2 Å². The van der Waals surface area contributed by atoms with Crippen LogP contribution in [-0.2, 0) is 4.74 Å². The highest BCUT2D eigenvalue weighted by molar-refractivity contribution is 5.32. The van der Waals surface area contributed by atoms with Gasteiger partial charge >= 0.3 is 0 Å². The van der Waals surface area contributed by atoms with Crippen LogP contribution in [0.15, 0.2) is 18.2 Å². The highest BCUT2D eigenvalue weighted by Crippen LogP contribution is 2.16. The van der Waals surface area contributed by atoms with Crippen LogP contribution < -0.4 is 10.5 Å². The van der Waals surface area contributed by atoms with Crippen LogP contribution in [0.1, 0.15) is 30.9 Å². The molecule has 1 aromatic carbocycles. The fourth-order valence-corrected chi connectivity index (χ4v) is 1.72. The Balaban J connectivity index is 2.14. The van der Waals surface area contributed by atoms with Crippen LogP contribution in [0.3, 0.4) is 0 Å². The van der Waals surface area contributed by atoms with Crippen molar-refractivity contribution >= 4 is 0 Å². The summed E-state index contributed by atoms with van der Waals surface area (Å²) in [7, 11) is 0. The van der Waals surface area contributed by atoms with Crippen molar-refractivity contribution in [2.75, 3.05) is 19.8 Å². The Morgan fingerprint density at radius 2 is 1.78 bits per heavy atom. The quantitative estimate of drug-likeness (QED) is 0.723. The molecular formula is C15H25NO2. The molecule has 0 saturated carbocycles. The molecule has 0 aliphatic heterocycles. The minimum absolute atomic E-state index is 0.158. The molecule has 0 heterocycles. The molecule has 18 heavy (non-hydrogen) atoms. The zero-order valence-electron chi connectivity index (χ0n) is 11.7. The highest BCUT2D eigenvalue weighted by Gasteiger charge is 1.99. The lowest BCUT2D eigenvalue weighted by Crippen LogP contribution is -2.25. The van der Waals surface area contributed by atoms with Gasteiger partial charge in [-0.25, -0.2) is 0 Å². The summed E-state index contributed by atoms with van der Waals surface area (Å²) in [5, 5.41) is 0. The number of hydrogen-bond donors (Lipinski definition) is 1. The van der Waals surface area contributed by atoms with E-state index in [1.807, 2.05) is 0 Å². The summed E-state index contributed by atoms with van der Waals surface area (Å²) in [6.45, 7) is 8.25. The normalized spacial score (nSPS) is 12.4. The van der Waals surface area contributed by atoms with Crippen LogP contribution in [0.25, 0.3) is 0 Å². The summed E-state index contributed by atoms with van der Waals surface area (Å²) < 4.78 is 11.2. The van der Waals surface area contributed by atoms with Crippen LogP contribution in [0, 0.1) is 13.8 Å². The van der Waals surface area contributed by atoms with E-state index in [1.165, 1.54) is 11.1 Å². The van der Waals surface area contributed by atoms with Crippen molar-refractivity contribution in [3.8, 4) is 5.75 Å². The molecule has 3 heteroatoms. The zero-order valence-corrected chi connectivity index (χ0v) is 11.7. The van der Waals surface area contributed by atoms with Gasteiger partial charge in [0.25, 0.3) is 0 Å². The Labute approximate surface area is 110 Å². The Morgan fingerprint density at radius 1 is 1.11 bits per heavy atom. The summed E-state index contributed by atoms with van der Waals surface area (Å²) in [5.74, 6) is 0.942. The van der Waals surface area contributed by atoms with E-state index < -0.39 is 0 Å².